The summed E-state index contributed by atoms with van der Waals surface area (Å²) in [6, 6.07) is 17.8. The number of amides is 1. The molecule has 0 spiro atoms. The first kappa shape index (κ1) is 26.3. The molecule has 5 rings (SSSR count). The van der Waals surface area contributed by atoms with Crippen molar-refractivity contribution in [3.05, 3.63) is 65.7 Å². The van der Waals surface area contributed by atoms with Crippen LogP contribution in [-0.2, 0) is 11.3 Å². The molecule has 8 nitrogen and oxygen atoms in total. The molecule has 1 aromatic heterocycles. The van der Waals surface area contributed by atoms with Crippen LogP contribution in [0.1, 0.15) is 42.1 Å². The second-order valence-electron chi connectivity index (χ2n) is 10.1. The predicted octanol–water partition coefficient (Wildman–Crippen LogP) is 4.70. The molecule has 2 aliphatic heterocycles. The number of piperidine rings is 1. The summed E-state index contributed by atoms with van der Waals surface area (Å²) < 4.78 is 16.9. The zero-order valence-electron chi connectivity index (χ0n) is 22.5. The Hall–Kier alpha value is -3.36. The molecule has 0 aliphatic carbocycles. The number of benzene rings is 2. The molecule has 2 aromatic carbocycles. The van der Waals surface area contributed by atoms with Crippen LogP contribution in [0.3, 0.4) is 0 Å². The van der Waals surface area contributed by atoms with Gasteiger partial charge in [0.2, 0.25) is 5.88 Å². The lowest BCUT2D eigenvalue weighted by molar-refractivity contribution is 0.0320. The highest BCUT2D eigenvalue weighted by atomic mass is 16.5. The number of carbonyl (C=O) groups is 1. The van der Waals surface area contributed by atoms with Gasteiger partial charge in [-0.15, -0.1) is 0 Å². The molecular weight excluding hydrogens is 480 g/mol. The van der Waals surface area contributed by atoms with Gasteiger partial charge in [-0.3, -0.25) is 9.69 Å². The molecular formula is C30H38N4O4. The number of carbonyl (C=O) groups excluding carboxylic acids is 1. The molecule has 0 unspecified atom stereocenters. The van der Waals surface area contributed by atoms with Gasteiger partial charge in [0.05, 0.1) is 32.4 Å². The van der Waals surface area contributed by atoms with Gasteiger partial charge in [-0.05, 0) is 50.5 Å². The molecule has 2 aliphatic rings. The van der Waals surface area contributed by atoms with Gasteiger partial charge >= 0.3 is 0 Å². The maximum absolute atomic E-state index is 13.9. The third-order valence-electron chi connectivity index (χ3n) is 7.64. The first-order chi connectivity index (χ1) is 18.6. The Kier molecular flexibility index (Phi) is 8.61. The quantitative estimate of drug-likeness (QED) is 0.407. The van der Waals surface area contributed by atoms with Gasteiger partial charge < -0.3 is 23.8 Å². The fraction of sp³-hybridized carbons (Fsp3) is 0.467. The third-order valence-corrected chi connectivity index (χ3v) is 7.64. The zero-order valence-corrected chi connectivity index (χ0v) is 22.5. The highest BCUT2D eigenvalue weighted by Crippen LogP contribution is 2.35. The second kappa shape index (κ2) is 12.5. The average molecular weight is 519 g/mol. The number of methoxy groups -OCH3 is 1. The summed E-state index contributed by atoms with van der Waals surface area (Å²) in [6.07, 6.45) is 3.46. The van der Waals surface area contributed by atoms with E-state index in [0.29, 0.717) is 24.7 Å². The topological polar surface area (TPSA) is 71.3 Å². The Bertz CT molecular complexity index is 1170. The van der Waals surface area contributed by atoms with Crippen molar-refractivity contribution in [2.75, 3.05) is 57.9 Å². The molecule has 2 fully saturated rings. The van der Waals surface area contributed by atoms with Gasteiger partial charge in [0, 0.05) is 49.9 Å². The van der Waals surface area contributed by atoms with Gasteiger partial charge in [0.25, 0.3) is 5.91 Å². The Morgan fingerprint density at radius 2 is 1.82 bits per heavy atom. The van der Waals surface area contributed by atoms with Crippen LogP contribution in [0.25, 0.3) is 11.3 Å². The lowest BCUT2D eigenvalue weighted by atomic mass is 10.0. The van der Waals surface area contributed by atoms with E-state index in [-0.39, 0.29) is 5.91 Å². The van der Waals surface area contributed by atoms with Crippen LogP contribution in [0.4, 0.5) is 5.88 Å². The van der Waals surface area contributed by atoms with Crippen LogP contribution in [-0.4, -0.2) is 80.0 Å². The van der Waals surface area contributed by atoms with E-state index < -0.39 is 0 Å². The molecule has 0 N–H and O–H groups in total. The minimum Gasteiger partial charge on any atom is -0.497 e. The average Bonchev–Trinajstić information content (AvgIpc) is 3.39. The van der Waals surface area contributed by atoms with E-state index in [9.17, 15) is 4.79 Å². The molecule has 1 atom stereocenters. The number of morpholine rings is 1. The Labute approximate surface area is 225 Å². The van der Waals surface area contributed by atoms with E-state index in [0.717, 1.165) is 80.7 Å². The summed E-state index contributed by atoms with van der Waals surface area (Å²) in [5, 5.41) is 4.56. The number of aromatic nitrogens is 1. The van der Waals surface area contributed by atoms with Crippen molar-refractivity contribution < 1.29 is 18.8 Å². The number of rotatable bonds is 9. The molecule has 2 saturated heterocycles. The van der Waals surface area contributed by atoms with Crippen LogP contribution in [0.2, 0.25) is 0 Å². The standard InChI is InChI=1S/C30H38N4O4/c1-23-8-6-7-15-34(23)30-27(28(31-38-30)24-9-4-3-5-10-24)22-33(17-16-32-18-20-37-21-19-32)29(35)25-11-13-26(36-2)14-12-25/h3-5,9-14,23H,6-8,15-22H2,1-2H3/t23-/m0/s1. The van der Waals surface area contributed by atoms with E-state index >= 15 is 0 Å². The number of hydrogen-bond donors (Lipinski definition) is 0. The summed E-state index contributed by atoms with van der Waals surface area (Å²) in [6.45, 7) is 8.19. The summed E-state index contributed by atoms with van der Waals surface area (Å²) in [7, 11) is 1.63. The summed E-state index contributed by atoms with van der Waals surface area (Å²) in [5.41, 5.74) is 3.40. The summed E-state index contributed by atoms with van der Waals surface area (Å²) in [5.74, 6) is 1.50. The maximum Gasteiger partial charge on any atom is 0.254 e. The fourth-order valence-corrected chi connectivity index (χ4v) is 5.34. The first-order valence-corrected chi connectivity index (χ1v) is 13.7. The first-order valence-electron chi connectivity index (χ1n) is 13.7. The maximum atomic E-state index is 13.9. The largest absolute Gasteiger partial charge is 0.497 e. The molecule has 8 heteroatoms. The van der Waals surface area contributed by atoms with Crippen LogP contribution in [0, 0.1) is 0 Å². The highest BCUT2D eigenvalue weighted by molar-refractivity contribution is 5.94. The normalized spacial score (nSPS) is 18.4. The van der Waals surface area contributed by atoms with Crippen LogP contribution < -0.4 is 9.64 Å². The Morgan fingerprint density at radius 3 is 2.53 bits per heavy atom. The van der Waals surface area contributed by atoms with E-state index in [4.69, 9.17) is 14.0 Å². The summed E-state index contributed by atoms with van der Waals surface area (Å²) in [4.78, 5) is 20.5. The third kappa shape index (κ3) is 6.03. The van der Waals surface area contributed by atoms with Crippen molar-refractivity contribution in [1.29, 1.82) is 0 Å². The second-order valence-corrected chi connectivity index (χ2v) is 10.1. The minimum atomic E-state index is -0.0150. The predicted molar refractivity (Wildman–Crippen MR) is 148 cm³/mol. The van der Waals surface area contributed by atoms with Crippen molar-refractivity contribution in [2.24, 2.45) is 0 Å². The molecule has 3 heterocycles. The van der Waals surface area contributed by atoms with Gasteiger partial charge in [0.15, 0.2) is 0 Å². The number of ether oxygens (including phenoxy) is 2. The fourth-order valence-electron chi connectivity index (χ4n) is 5.34. The SMILES string of the molecule is COc1ccc(C(=O)N(CCN2CCOCC2)Cc2c(-c3ccccc3)noc2N2CCCC[C@@H]2C)cc1. The van der Waals surface area contributed by atoms with Crippen LogP contribution in [0.5, 0.6) is 5.75 Å². The Morgan fingerprint density at radius 1 is 1.05 bits per heavy atom. The van der Waals surface area contributed by atoms with Crippen molar-refractivity contribution in [1.82, 2.24) is 15.0 Å². The molecule has 0 bridgehead atoms. The number of nitrogens with zero attached hydrogens (tertiary/aromatic N) is 4. The molecule has 0 radical (unpaired) electrons. The van der Waals surface area contributed by atoms with Crippen molar-refractivity contribution in [3.8, 4) is 17.0 Å². The van der Waals surface area contributed by atoms with Crippen molar-refractivity contribution in [3.63, 3.8) is 0 Å². The molecule has 38 heavy (non-hydrogen) atoms. The van der Waals surface area contributed by atoms with E-state index in [1.807, 2.05) is 59.5 Å². The van der Waals surface area contributed by atoms with Gasteiger partial charge in [-0.1, -0.05) is 35.5 Å². The van der Waals surface area contributed by atoms with E-state index in [1.165, 1.54) is 6.42 Å². The lowest BCUT2D eigenvalue weighted by Gasteiger charge is -2.34. The summed E-state index contributed by atoms with van der Waals surface area (Å²) >= 11 is 0. The van der Waals surface area contributed by atoms with E-state index in [1.54, 1.807) is 7.11 Å². The number of anilines is 1. The molecule has 3 aromatic rings. The van der Waals surface area contributed by atoms with E-state index in [2.05, 4.69) is 21.9 Å². The van der Waals surface area contributed by atoms with Gasteiger partial charge in [-0.2, -0.15) is 0 Å². The molecule has 0 saturated carbocycles. The molecule has 1 amide bonds. The van der Waals surface area contributed by atoms with Crippen molar-refractivity contribution in [2.45, 2.75) is 38.8 Å². The zero-order chi connectivity index (χ0) is 26.3. The minimum absolute atomic E-state index is 0.0150. The smallest absolute Gasteiger partial charge is 0.254 e. The highest BCUT2D eigenvalue weighted by Gasteiger charge is 2.30. The van der Waals surface area contributed by atoms with Crippen molar-refractivity contribution >= 4 is 11.8 Å². The van der Waals surface area contributed by atoms with Crippen LogP contribution in [0.15, 0.2) is 59.1 Å². The lowest BCUT2D eigenvalue weighted by Crippen LogP contribution is -2.43. The number of hydrogen-bond acceptors (Lipinski definition) is 7. The monoisotopic (exact) mass is 518 g/mol. The van der Waals surface area contributed by atoms with Crippen LogP contribution >= 0.6 is 0 Å². The van der Waals surface area contributed by atoms with Gasteiger partial charge in [-0.25, -0.2) is 0 Å². The molecule has 202 valence electrons. The Balaban J connectivity index is 1.48. The van der Waals surface area contributed by atoms with Gasteiger partial charge in [0.1, 0.15) is 11.4 Å².